The Labute approximate surface area is 169 Å². The highest BCUT2D eigenvalue weighted by Crippen LogP contribution is 2.40. The first-order valence-corrected chi connectivity index (χ1v) is 10.2. The Bertz CT molecular complexity index is 989. The lowest BCUT2D eigenvalue weighted by molar-refractivity contribution is 0.0703. The van der Waals surface area contributed by atoms with Crippen molar-refractivity contribution in [3.05, 3.63) is 71.9 Å². The summed E-state index contributed by atoms with van der Waals surface area (Å²) in [5.74, 6) is 3.51. The zero-order valence-electron chi connectivity index (χ0n) is 16.2. The molecule has 1 saturated carbocycles. The van der Waals surface area contributed by atoms with E-state index < -0.39 is 0 Å². The number of rotatable bonds is 5. The van der Waals surface area contributed by atoms with Gasteiger partial charge in [0.2, 0.25) is 11.8 Å². The van der Waals surface area contributed by atoms with Gasteiger partial charge in [-0.15, -0.1) is 10.2 Å². The zero-order valence-corrected chi connectivity index (χ0v) is 16.2. The van der Waals surface area contributed by atoms with E-state index >= 15 is 0 Å². The van der Waals surface area contributed by atoms with Gasteiger partial charge in [-0.25, -0.2) is 0 Å². The third-order valence-corrected chi connectivity index (χ3v) is 5.60. The zero-order chi connectivity index (χ0) is 19.6. The van der Waals surface area contributed by atoms with Crippen LogP contribution >= 0.6 is 0 Å². The number of piperidine rings is 1. The average Bonchev–Trinajstić information content (AvgIpc) is 3.51. The van der Waals surface area contributed by atoms with Gasteiger partial charge >= 0.3 is 0 Å². The molecule has 148 valence electrons. The summed E-state index contributed by atoms with van der Waals surface area (Å²) in [6, 6.07) is 16.9. The molecule has 3 aromatic rings. The lowest BCUT2D eigenvalue weighted by Crippen LogP contribution is -2.38. The fraction of sp³-hybridized carbons (Fsp3) is 0.348. The van der Waals surface area contributed by atoms with Crippen molar-refractivity contribution in [3.63, 3.8) is 0 Å². The van der Waals surface area contributed by atoms with Gasteiger partial charge in [0.1, 0.15) is 11.5 Å². The topological polar surface area (TPSA) is 68.5 Å². The van der Waals surface area contributed by atoms with Gasteiger partial charge in [0, 0.05) is 24.9 Å². The van der Waals surface area contributed by atoms with E-state index in [9.17, 15) is 4.79 Å². The molecule has 0 spiro atoms. The summed E-state index contributed by atoms with van der Waals surface area (Å²) in [5, 5.41) is 8.44. The quantitative estimate of drug-likeness (QED) is 0.629. The van der Waals surface area contributed by atoms with Gasteiger partial charge in [0.15, 0.2) is 0 Å². The number of ether oxygens (including phenoxy) is 1. The molecule has 1 saturated heterocycles. The van der Waals surface area contributed by atoms with E-state index in [1.54, 1.807) is 0 Å². The second kappa shape index (κ2) is 7.70. The number of aromatic nitrogens is 2. The minimum absolute atomic E-state index is 0.000760. The highest BCUT2D eigenvalue weighted by atomic mass is 16.5. The summed E-state index contributed by atoms with van der Waals surface area (Å²) in [7, 11) is 0. The summed E-state index contributed by atoms with van der Waals surface area (Å²) < 4.78 is 11.8. The third kappa shape index (κ3) is 3.88. The Balaban J connectivity index is 1.26. The summed E-state index contributed by atoms with van der Waals surface area (Å²) in [5.41, 5.74) is 0.587. The van der Waals surface area contributed by atoms with Crippen molar-refractivity contribution in [2.24, 2.45) is 0 Å². The van der Waals surface area contributed by atoms with Crippen LogP contribution in [0.2, 0.25) is 0 Å². The largest absolute Gasteiger partial charge is 0.457 e. The Morgan fingerprint density at radius 1 is 0.862 bits per heavy atom. The highest BCUT2D eigenvalue weighted by molar-refractivity contribution is 5.97. The van der Waals surface area contributed by atoms with E-state index in [-0.39, 0.29) is 11.8 Å². The maximum Gasteiger partial charge on any atom is 0.257 e. The first-order chi connectivity index (χ1) is 14.3. The summed E-state index contributed by atoms with van der Waals surface area (Å²) >= 11 is 0. The average molecular weight is 389 g/mol. The molecule has 29 heavy (non-hydrogen) atoms. The molecule has 0 atom stereocenters. The van der Waals surface area contributed by atoms with Crippen LogP contribution in [0.25, 0.3) is 0 Å². The molecule has 6 heteroatoms. The van der Waals surface area contributed by atoms with E-state index in [1.807, 2.05) is 59.5 Å². The maximum atomic E-state index is 13.2. The number of amides is 1. The molecule has 1 amide bonds. The molecule has 2 heterocycles. The molecular weight excluding hydrogens is 366 g/mol. The number of benzene rings is 2. The van der Waals surface area contributed by atoms with Crippen molar-refractivity contribution in [3.8, 4) is 11.5 Å². The Morgan fingerprint density at radius 3 is 2.17 bits per heavy atom. The normalized spacial score (nSPS) is 17.3. The molecule has 5 rings (SSSR count). The standard InChI is InChI=1S/C23H23N3O3/c27-23(19-8-4-5-9-20(19)28-18-6-2-1-3-7-18)26-14-12-17(13-15-26)22-25-24-21(29-22)16-10-11-16/h1-9,16-17H,10-15H2. The Hall–Kier alpha value is -3.15. The number of hydrogen-bond acceptors (Lipinski definition) is 5. The number of hydrogen-bond donors (Lipinski definition) is 0. The fourth-order valence-electron chi connectivity index (χ4n) is 3.75. The van der Waals surface area contributed by atoms with Crippen LogP contribution in [0.15, 0.2) is 59.0 Å². The van der Waals surface area contributed by atoms with Crippen LogP contribution in [-0.4, -0.2) is 34.1 Å². The highest BCUT2D eigenvalue weighted by Gasteiger charge is 2.32. The van der Waals surface area contributed by atoms with Gasteiger partial charge in [0.25, 0.3) is 5.91 Å². The number of nitrogens with zero attached hydrogens (tertiary/aromatic N) is 3. The number of likely N-dealkylation sites (tertiary alicyclic amines) is 1. The van der Waals surface area contributed by atoms with Crippen LogP contribution in [0.4, 0.5) is 0 Å². The minimum atomic E-state index is -0.000760. The monoisotopic (exact) mass is 389 g/mol. The van der Waals surface area contributed by atoms with Gasteiger partial charge in [-0.3, -0.25) is 4.79 Å². The molecule has 6 nitrogen and oxygen atoms in total. The predicted molar refractivity (Wildman–Crippen MR) is 107 cm³/mol. The first-order valence-electron chi connectivity index (χ1n) is 10.2. The molecule has 1 aromatic heterocycles. The van der Waals surface area contributed by atoms with Gasteiger partial charge in [0.05, 0.1) is 5.56 Å². The van der Waals surface area contributed by atoms with Crippen molar-refractivity contribution >= 4 is 5.91 Å². The third-order valence-electron chi connectivity index (χ3n) is 5.60. The second-order valence-corrected chi connectivity index (χ2v) is 7.73. The van der Waals surface area contributed by atoms with E-state index in [0.717, 1.165) is 37.5 Å². The minimum Gasteiger partial charge on any atom is -0.457 e. The second-order valence-electron chi connectivity index (χ2n) is 7.73. The van der Waals surface area contributed by atoms with Crippen LogP contribution in [0.3, 0.4) is 0 Å². The molecule has 2 aliphatic rings. The van der Waals surface area contributed by atoms with Crippen molar-refractivity contribution in [2.45, 2.75) is 37.5 Å². The van der Waals surface area contributed by atoms with Crippen LogP contribution < -0.4 is 4.74 Å². The van der Waals surface area contributed by atoms with Crippen LogP contribution in [-0.2, 0) is 0 Å². The van der Waals surface area contributed by atoms with Crippen LogP contribution in [0.1, 0.15) is 59.7 Å². The Morgan fingerprint density at radius 2 is 1.48 bits per heavy atom. The predicted octanol–water partition coefficient (Wildman–Crippen LogP) is 4.76. The van der Waals surface area contributed by atoms with Gasteiger partial charge in [-0.05, 0) is 49.9 Å². The summed E-state index contributed by atoms with van der Waals surface area (Å²) in [6.45, 7) is 1.34. The molecule has 1 aliphatic carbocycles. The lowest BCUT2D eigenvalue weighted by atomic mass is 9.96. The van der Waals surface area contributed by atoms with Crippen molar-refractivity contribution in [2.75, 3.05) is 13.1 Å². The first kappa shape index (κ1) is 17.9. The smallest absolute Gasteiger partial charge is 0.257 e. The van der Waals surface area contributed by atoms with Gasteiger partial charge in [-0.2, -0.15) is 0 Å². The molecule has 0 radical (unpaired) electrons. The van der Waals surface area contributed by atoms with Crippen LogP contribution in [0, 0.1) is 0 Å². The van der Waals surface area contributed by atoms with Crippen molar-refractivity contribution in [1.29, 1.82) is 0 Å². The van der Waals surface area contributed by atoms with E-state index in [0.29, 0.717) is 36.1 Å². The van der Waals surface area contributed by atoms with Crippen molar-refractivity contribution in [1.82, 2.24) is 15.1 Å². The maximum absolute atomic E-state index is 13.2. The lowest BCUT2D eigenvalue weighted by Gasteiger charge is -2.31. The molecule has 0 bridgehead atoms. The molecule has 1 aliphatic heterocycles. The fourth-order valence-corrected chi connectivity index (χ4v) is 3.75. The molecule has 2 fully saturated rings. The van der Waals surface area contributed by atoms with Crippen molar-refractivity contribution < 1.29 is 13.9 Å². The molecule has 2 aromatic carbocycles. The van der Waals surface area contributed by atoms with Crippen LogP contribution in [0.5, 0.6) is 11.5 Å². The van der Waals surface area contributed by atoms with Gasteiger partial charge < -0.3 is 14.1 Å². The van der Waals surface area contributed by atoms with E-state index in [2.05, 4.69) is 10.2 Å². The SMILES string of the molecule is O=C(c1ccccc1Oc1ccccc1)N1CCC(c2nnc(C3CC3)o2)CC1. The number of para-hydroxylation sites is 2. The molecule has 0 unspecified atom stereocenters. The molecular formula is C23H23N3O3. The molecule has 0 N–H and O–H groups in total. The van der Waals surface area contributed by atoms with E-state index in [1.165, 1.54) is 0 Å². The summed E-state index contributed by atoms with van der Waals surface area (Å²) in [6.07, 6.45) is 3.97. The van der Waals surface area contributed by atoms with Gasteiger partial charge in [-0.1, -0.05) is 30.3 Å². The van der Waals surface area contributed by atoms with E-state index in [4.69, 9.17) is 9.15 Å². The summed E-state index contributed by atoms with van der Waals surface area (Å²) in [4.78, 5) is 15.0. The number of carbonyl (C=O) groups excluding carboxylic acids is 1. The number of carbonyl (C=O) groups is 1. The Kier molecular flexibility index (Phi) is 4.76.